The maximum absolute atomic E-state index is 13.3. The molecule has 0 bridgehead atoms. The number of halogens is 1. The second kappa shape index (κ2) is 9.97. The van der Waals surface area contributed by atoms with Crippen molar-refractivity contribution in [3.8, 4) is 11.6 Å². The molecule has 0 aliphatic carbocycles. The van der Waals surface area contributed by atoms with E-state index >= 15 is 0 Å². The fraction of sp³-hybridized carbons (Fsp3) is 0.269. The average molecular weight is 492 g/mol. The topological polar surface area (TPSA) is 70.6 Å². The molecule has 7 nitrogen and oxygen atoms in total. The fourth-order valence-corrected chi connectivity index (χ4v) is 5.22. The minimum absolute atomic E-state index is 0.159. The first-order valence-corrected chi connectivity index (χ1v) is 12.3. The monoisotopic (exact) mass is 491 g/mol. The lowest BCUT2D eigenvalue weighted by molar-refractivity contribution is -0.114. The predicted octanol–water partition coefficient (Wildman–Crippen LogP) is 5.46. The van der Waals surface area contributed by atoms with Gasteiger partial charge in [0.05, 0.1) is 4.70 Å². The Balaban J connectivity index is 1.27. The maximum atomic E-state index is 13.3. The van der Waals surface area contributed by atoms with Crippen molar-refractivity contribution < 1.29 is 13.9 Å². The van der Waals surface area contributed by atoms with Crippen LogP contribution < -0.4 is 15.0 Å². The van der Waals surface area contributed by atoms with Gasteiger partial charge in [-0.3, -0.25) is 9.69 Å². The molecule has 1 saturated heterocycles. The number of amides is 1. The quantitative estimate of drug-likeness (QED) is 0.386. The second-order valence-electron chi connectivity index (χ2n) is 8.51. The molecule has 1 N–H and O–H groups in total. The highest BCUT2D eigenvalue weighted by molar-refractivity contribution is 7.22. The third kappa shape index (κ3) is 5.26. The Kier molecular flexibility index (Phi) is 6.61. The van der Waals surface area contributed by atoms with E-state index in [2.05, 4.69) is 32.0 Å². The van der Waals surface area contributed by atoms with Crippen LogP contribution >= 0.6 is 11.3 Å². The van der Waals surface area contributed by atoms with Crippen LogP contribution in [-0.4, -0.2) is 47.0 Å². The molecule has 0 spiro atoms. The zero-order valence-electron chi connectivity index (χ0n) is 19.6. The van der Waals surface area contributed by atoms with Gasteiger partial charge in [-0.1, -0.05) is 29.5 Å². The second-order valence-corrected chi connectivity index (χ2v) is 9.54. The summed E-state index contributed by atoms with van der Waals surface area (Å²) in [5.74, 6) is 0.720. The number of ether oxygens (including phenoxy) is 1. The Hall–Kier alpha value is -3.56. The van der Waals surface area contributed by atoms with E-state index in [9.17, 15) is 9.18 Å². The van der Waals surface area contributed by atoms with E-state index in [1.165, 1.54) is 30.4 Å². The van der Waals surface area contributed by atoms with E-state index in [1.807, 2.05) is 42.5 Å². The molecule has 2 aromatic heterocycles. The number of fused-ring (bicyclic) bond motifs is 1. The van der Waals surface area contributed by atoms with Gasteiger partial charge in [0.15, 0.2) is 10.9 Å². The lowest BCUT2D eigenvalue weighted by Crippen LogP contribution is -2.47. The molecule has 1 amide bonds. The average Bonchev–Trinajstić information content (AvgIpc) is 3.27. The molecule has 4 aromatic rings. The number of pyridine rings is 1. The summed E-state index contributed by atoms with van der Waals surface area (Å²) < 4.78 is 20.3. The molecule has 1 aliphatic rings. The van der Waals surface area contributed by atoms with Crippen LogP contribution in [0, 0.1) is 5.82 Å². The number of hydrogen-bond acceptors (Lipinski definition) is 7. The zero-order valence-corrected chi connectivity index (χ0v) is 20.4. The first kappa shape index (κ1) is 23.2. The third-order valence-corrected chi connectivity index (χ3v) is 7.11. The number of nitrogens with zero attached hydrogens (tertiary/aromatic N) is 4. The summed E-state index contributed by atoms with van der Waals surface area (Å²) in [7, 11) is 0. The van der Waals surface area contributed by atoms with Crippen LogP contribution in [0.5, 0.6) is 11.6 Å². The lowest BCUT2D eigenvalue weighted by Gasteiger charge is -2.39. The van der Waals surface area contributed by atoms with Gasteiger partial charge in [0.2, 0.25) is 11.8 Å². The highest BCUT2D eigenvalue weighted by Gasteiger charge is 2.23. The number of aromatic nitrogens is 2. The van der Waals surface area contributed by atoms with Gasteiger partial charge in [-0.15, -0.1) is 0 Å². The van der Waals surface area contributed by atoms with Crippen molar-refractivity contribution in [1.29, 1.82) is 0 Å². The third-order valence-electron chi connectivity index (χ3n) is 6.18. The van der Waals surface area contributed by atoms with E-state index < -0.39 is 0 Å². The van der Waals surface area contributed by atoms with E-state index in [0.717, 1.165) is 42.1 Å². The van der Waals surface area contributed by atoms with E-state index in [-0.39, 0.29) is 17.8 Å². The molecular weight excluding hydrogens is 465 g/mol. The number of benzene rings is 2. The van der Waals surface area contributed by atoms with Crippen molar-refractivity contribution in [2.75, 3.05) is 36.4 Å². The summed E-state index contributed by atoms with van der Waals surface area (Å²) in [6.07, 6.45) is 1.75. The molecule has 2 aromatic carbocycles. The van der Waals surface area contributed by atoms with Gasteiger partial charge in [-0.25, -0.2) is 14.4 Å². The molecule has 35 heavy (non-hydrogen) atoms. The van der Waals surface area contributed by atoms with Crippen LogP contribution in [-0.2, 0) is 4.79 Å². The molecule has 0 radical (unpaired) electrons. The van der Waals surface area contributed by atoms with Gasteiger partial charge in [0, 0.05) is 57.1 Å². The summed E-state index contributed by atoms with van der Waals surface area (Å²) in [5.41, 5.74) is 2.86. The molecule has 0 unspecified atom stereocenters. The van der Waals surface area contributed by atoms with Crippen molar-refractivity contribution >= 4 is 38.3 Å². The number of nitrogens with one attached hydrogen (secondary N) is 1. The fourth-order valence-electron chi connectivity index (χ4n) is 4.29. The number of hydrogen-bond donors (Lipinski definition) is 1. The summed E-state index contributed by atoms with van der Waals surface area (Å²) in [6, 6.07) is 16.6. The molecule has 5 rings (SSSR count). The Morgan fingerprint density at radius 1 is 1.11 bits per heavy atom. The highest BCUT2D eigenvalue weighted by atomic mass is 32.1. The van der Waals surface area contributed by atoms with Crippen molar-refractivity contribution in [3.63, 3.8) is 0 Å². The number of rotatable bonds is 6. The Bertz CT molecular complexity index is 1340. The summed E-state index contributed by atoms with van der Waals surface area (Å²) in [4.78, 5) is 25.0. The number of carbonyl (C=O) groups excluding carboxylic acids is 1. The van der Waals surface area contributed by atoms with Crippen LogP contribution in [0.4, 0.5) is 15.2 Å². The Morgan fingerprint density at radius 2 is 1.89 bits per heavy atom. The largest absolute Gasteiger partial charge is 0.437 e. The SMILES string of the molecule is CC(=O)Nc1nc2c(Oc3cc(N4CCN([C@@H](C)c5ccc(F)cc5)CC4)ccn3)cccc2s1. The van der Waals surface area contributed by atoms with Gasteiger partial charge in [0.1, 0.15) is 11.3 Å². The first-order chi connectivity index (χ1) is 17.0. The van der Waals surface area contributed by atoms with E-state index in [4.69, 9.17) is 4.74 Å². The van der Waals surface area contributed by atoms with E-state index in [0.29, 0.717) is 22.3 Å². The molecule has 1 fully saturated rings. The molecule has 3 heterocycles. The maximum Gasteiger partial charge on any atom is 0.223 e. The summed E-state index contributed by atoms with van der Waals surface area (Å²) in [5, 5.41) is 3.27. The van der Waals surface area contributed by atoms with Crippen molar-refractivity contribution in [3.05, 3.63) is 72.2 Å². The minimum Gasteiger partial charge on any atom is -0.437 e. The molecule has 1 aliphatic heterocycles. The Morgan fingerprint density at radius 3 is 2.63 bits per heavy atom. The highest BCUT2D eigenvalue weighted by Crippen LogP contribution is 2.35. The van der Waals surface area contributed by atoms with E-state index in [1.54, 1.807) is 6.20 Å². The first-order valence-electron chi connectivity index (χ1n) is 11.5. The normalized spacial score (nSPS) is 15.2. The van der Waals surface area contributed by atoms with Crippen molar-refractivity contribution in [2.45, 2.75) is 19.9 Å². The van der Waals surface area contributed by atoms with Crippen LogP contribution in [0.1, 0.15) is 25.5 Å². The van der Waals surface area contributed by atoms with Crippen LogP contribution in [0.15, 0.2) is 60.8 Å². The molecular formula is C26H26FN5O2S. The van der Waals surface area contributed by atoms with Crippen molar-refractivity contribution in [1.82, 2.24) is 14.9 Å². The van der Waals surface area contributed by atoms with Crippen LogP contribution in [0.25, 0.3) is 10.2 Å². The number of para-hydroxylation sites is 1. The lowest BCUT2D eigenvalue weighted by atomic mass is 10.1. The number of piperazine rings is 1. The van der Waals surface area contributed by atoms with Gasteiger partial charge >= 0.3 is 0 Å². The van der Waals surface area contributed by atoms with Gasteiger partial charge < -0.3 is 15.0 Å². The number of anilines is 2. The Labute approximate surface area is 207 Å². The minimum atomic E-state index is -0.208. The van der Waals surface area contributed by atoms with Crippen LogP contribution in [0.3, 0.4) is 0 Å². The van der Waals surface area contributed by atoms with Crippen LogP contribution in [0.2, 0.25) is 0 Å². The summed E-state index contributed by atoms with van der Waals surface area (Å²) in [6.45, 7) is 7.18. The van der Waals surface area contributed by atoms with Gasteiger partial charge in [-0.2, -0.15) is 0 Å². The predicted molar refractivity (Wildman–Crippen MR) is 137 cm³/mol. The molecule has 180 valence electrons. The summed E-state index contributed by atoms with van der Waals surface area (Å²) >= 11 is 1.40. The zero-order chi connectivity index (χ0) is 24.4. The van der Waals surface area contributed by atoms with Crippen molar-refractivity contribution in [2.24, 2.45) is 0 Å². The smallest absolute Gasteiger partial charge is 0.223 e. The number of carbonyl (C=O) groups is 1. The number of thiazole rings is 1. The van der Waals surface area contributed by atoms with Gasteiger partial charge in [-0.05, 0) is 42.8 Å². The molecule has 0 saturated carbocycles. The molecule has 9 heteroatoms. The standard InChI is InChI=1S/C26H26FN5O2S/c1-17(19-6-8-20(27)9-7-19)31-12-14-32(15-13-31)21-10-11-28-24(16-21)34-22-4-3-5-23-25(22)30-26(35-23)29-18(2)33/h3-11,16-17H,12-15H2,1-2H3,(H,29,30,33)/t17-/m0/s1. The molecule has 1 atom stereocenters. The van der Waals surface area contributed by atoms with Gasteiger partial charge in [0.25, 0.3) is 0 Å².